The van der Waals surface area contributed by atoms with Crippen LogP contribution in [0.1, 0.15) is 26.3 Å². The number of carbonyl (C=O) groups excluding carboxylic acids is 1. The van der Waals surface area contributed by atoms with Crippen LogP contribution in [0.2, 0.25) is 0 Å². The summed E-state index contributed by atoms with van der Waals surface area (Å²) >= 11 is 0. The summed E-state index contributed by atoms with van der Waals surface area (Å²) < 4.78 is 0. The van der Waals surface area contributed by atoms with Crippen molar-refractivity contribution >= 4 is 17.3 Å². The average molecular weight is 235 g/mol. The molecule has 0 aliphatic carbocycles. The van der Waals surface area contributed by atoms with Crippen LogP contribution in [0.4, 0.5) is 11.4 Å². The summed E-state index contributed by atoms with van der Waals surface area (Å²) in [6, 6.07) is 5.57. The van der Waals surface area contributed by atoms with Gasteiger partial charge in [-0.2, -0.15) is 0 Å². The molecule has 0 radical (unpaired) electrons. The van der Waals surface area contributed by atoms with Gasteiger partial charge in [-0.3, -0.25) is 4.79 Å². The van der Waals surface area contributed by atoms with E-state index in [2.05, 4.69) is 10.6 Å². The Labute approximate surface area is 103 Å². The SMILES string of the molecule is Cc1ccc(NC(C)C(=O)NC(C)C)cc1N. The lowest BCUT2D eigenvalue weighted by molar-refractivity contribution is -0.122. The van der Waals surface area contributed by atoms with E-state index in [1.54, 1.807) is 0 Å². The van der Waals surface area contributed by atoms with E-state index < -0.39 is 0 Å². The number of hydrogen-bond donors (Lipinski definition) is 3. The molecule has 0 spiro atoms. The van der Waals surface area contributed by atoms with Gasteiger partial charge in [0, 0.05) is 17.4 Å². The Hall–Kier alpha value is -1.71. The molecule has 4 N–H and O–H groups in total. The number of nitrogens with two attached hydrogens (primary N) is 1. The van der Waals surface area contributed by atoms with Crippen molar-refractivity contribution < 1.29 is 4.79 Å². The lowest BCUT2D eigenvalue weighted by Gasteiger charge is -2.17. The van der Waals surface area contributed by atoms with Gasteiger partial charge in [-0.1, -0.05) is 6.07 Å². The van der Waals surface area contributed by atoms with Crippen LogP contribution < -0.4 is 16.4 Å². The highest BCUT2D eigenvalue weighted by Gasteiger charge is 2.13. The minimum absolute atomic E-state index is 0.0147. The van der Waals surface area contributed by atoms with Gasteiger partial charge in [-0.15, -0.1) is 0 Å². The molecule has 0 bridgehead atoms. The molecule has 4 heteroatoms. The summed E-state index contributed by atoms with van der Waals surface area (Å²) in [5.74, 6) is -0.0147. The Bertz CT molecular complexity index is 402. The van der Waals surface area contributed by atoms with Crippen molar-refractivity contribution in [1.29, 1.82) is 0 Å². The molecule has 0 saturated heterocycles. The van der Waals surface area contributed by atoms with Gasteiger partial charge in [0.1, 0.15) is 6.04 Å². The highest BCUT2D eigenvalue weighted by atomic mass is 16.2. The van der Waals surface area contributed by atoms with Crippen LogP contribution >= 0.6 is 0 Å². The van der Waals surface area contributed by atoms with Gasteiger partial charge in [-0.05, 0) is 45.4 Å². The molecule has 0 aromatic heterocycles. The maximum atomic E-state index is 11.7. The van der Waals surface area contributed by atoms with Crippen molar-refractivity contribution in [3.8, 4) is 0 Å². The first-order chi connectivity index (χ1) is 7.90. The fourth-order valence-corrected chi connectivity index (χ4v) is 1.46. The maximum Gasteiger partial charge on any atom is 0.242 e. The minimum atomic E-state index is -0.278. The molecule has 17 heavy (non-hydrogen) atoms. The zero-order valence-electron chi connectivity index (χ0n) is 10.9. The third-order valence-electron chi connectivity index (χ3n) is 2.49. The molecular formula is C13H21N3O. The summed E-state index contributed by atoms with van der Waals surface area (Å²) in [6.07, 6.45) is 0. The Morgan fingerprint density at radius 1 is 1.29 bits per heavy atom. The molecule has 0 fully saturated rings. The first-order valence-corrected chi connectivity index (χ1v) is 5.83. The topological polar surface area (TPSA) is 67.2 Å². The zero-order chi connectivity index (χ0) is 13.0. The normalized spacial score (nSPS) is 12.3. The summed E-state index contributed by atoms with van der Waals surface area (Å²) in [5.41, 5.74) is 8.44. The van der Waals surface area contributed by atoms with Crippen molar-refractivity contribution in [3.63, 3.8) is 0 Å². The van der Waals surface area contributed by atoms with Gasteiger partial charge in [-0.25, -0.2) is 0 Å². The van der Waals surface area contributed by atoms with Crippen LogP contribution in [0, 0.1) is 6.92 Å². The predicted octanol–water partition coefficient (Wildman–Crippen LogP) is 1.90. The van der Waals surface area contributed by atoms with E-state index in [1.165, 1.54) is 0 Å². The van der Waals surface area contributed by atoms with E-state index in [-0.39, 0.29) is 18.0 Å². The van der Waals surface area contributed by atoms with Crippen LogP contribution in [0.25, 0.3) is 0 Å². The number of anilines is 2. The molecule has 0 aliphatic heterocycles. The summed E-state index contributed by atoms with van der Waals surface area (Å²) in [4.78, 5) is 11.7. The van der Waals surface area contributed by atoms with Gasteiger partial charge in [0.15, 0.2) is 0 Å². The molecule has 0 aliphatic rings. The molecule has 1 rings (SSSR count). The number of nitrogen functional groups attached to an aromatic ring is 1. The van der Waals surface area contributed by atoms with Crippen molar-refractivity contribution in [2.75, 3.05) is 11.1 Å². The van der Waals surface area contributed by atoms with E-state index in [0.29, 0.717) is 0 Å². The summed E-state index contributed by atoms with van der Waals surface area (Å²) in [6.45, 7) is 7.66. The second kappa shape index (κ2) is 5.57. The van der Waals surface area contributed by atoms with E-state index in [1.807, 2.05) is 45.9 Å². The van der Waals surface area contributed by atoms with E-state index in [4.69, 9.17) is 5.73 Å². The Morgan fingerprint density at radius 2 is 1.94 bits per heavy atom. The third kappa shape index (κ3) is 3.98. The van der Waals surface area contributed by atoms with Gasteiger partial charge in [0.05, 0.1) is 0 Å². The van der Waals surface area contributed by atoms with Crippen LogP contribution in [0.15, 0.2) is 18.2 Å². The molecule has 4 nitrogen and oxygen atoms in total. The monoisotopic (exact) mass is 235 g/mol. The van der Waals surface area contributed by atoms with Gasteiger partial charge < -0.3 is 16.4 Å². The smallest absolute Gasteiger partial charge is 0.242 e. The quantitative estimate of drug-likeness (QED) is 0.698. The second-order valence-electron chi connectivity index (χ2n) is 4.60. The largest absolute Gasteiger partial charge is 0.398 e. The lowest BCUT2D eigenvalue weighted by atomic mass is 10.1. The van der Waals surface area contributed by atoms with E-state index in [9.17, 15) is 4.79 Å². The van der Waals surface area contributed by atoms with Crippen LogP contribution in [-0.2, 0) is 4.79 Å². The van der Waals surface area contributed by atoms with Gasteiger partial charge in [0.25, 0.3) is 0 Å². The maximum absolute atomic E-state index is 11.7. The Morgan fingerprint density at radius 3 is 2.47 bits per heavy atom. The van der Waals surface area contributed by atoms with Crippen molar-refractivity contribution in [2.45, 2.75) is 39.8 Å². The van der Waals surface area contributed by atoms with Crippen LogP contribution in [0.5, 0.6) is 0 Å². The van der Waals surface area contributed by atoms with Crippen molar-refractivity contribution in [3.05, 3.63) is 23.8 Å². The number of rotatable bonds is 4. The fourth-order valence-electron chi connectivity index (χ4n) is 1.46. The highest BCUT2D eigenvalue weighted by molar-refractivity contribution is 5.84. The standard InChI is InChI=1S/C13H21N3O/c1-8(2)15-13(17)10(4)16-11-6-5-9(3)12(14)7-11/h5-8,10,16H,14H2,1-4H3,(H,15,17). The summed E-state index contributed by atoms with van der Waals surface area (Å²) in [5, 5.41) is 5.98. The molecule has 94 valence electrons. The lowest BCUT2D eigenvalue weighted by Crippen LogP contribution is -2.40. The predicted molar refractivity (Wildman–Crippen MR) is 72.0 cm³/mol. The molecule has 0 saturated carbocycles. The second-order valence-corrected chi connectivity index (χ2v) is 4.60. The zero-order valence-corrected chi connectivity index (χ0v) is 10.9. The number of amides is 1. The first-order valence-electron chi connectivity index (χ1n) is 5.83. The summed E-state index contributed by atoms with van der Waals surface area (Å²) in [7, 11) is 0. The molecule has 1 aromatic rings. The van der Waals surface area contributed by atoms with Crippen LogP contribution in [0.3, 0.4) is 0 Å². The Balaban J connectivity index is 2.64. The van der Waals surface area contributed by atoms with Crippen LogP contribution in [-0.4, -0.2) is 18.0 Å². The van der Waals surface area contributed by atoms with E-state index in [0.717, 1.165) is 16.9 Å². The minimum Gasteiger partial charge on any atom is -0.398 e. The van der Waals surface area contributed by atoms with Crippen molar-refractivity contribution in [1.82, 2.24) is 5.32 Å². The first kappa shape index (κ1) is 13.4. The number of benzene rings is 1. The molecule has 1 aromatic carbocycles. The van der Waals surface area contributed by atoms with Gasteiger partial charge in [0.2, 0.25) is 5.91 Å². The molecular weight excluding hydrogens is 214 g/mol. The highest BCUT2D eigenvalue weighted by Crippen LogP contribution is 2.17. The number of aryl methyl sites for hydroxylation is 1. The number of hydrogen-bond acceptors (Lipinski definition) is 3. The fraction of sp³-hybridized carbons (Fsp3) is 0.462. The number of carbonyl (C=O) groups is 1. The molecule has 1 amide bonds. The van der Waals surface area contributed by atoms with Gasteiger partial charge >= 0.3 is 0 Å². The third-order valence-corrected chi connectivity index (χ3v) is 2.49. The number of nitrogens with one attached hydrogen (secondary N) is 2. The molecule has 0 heterocycles. The van der Waals surface area contributed by atoms with Crippen molar-refractivity contribution in [2.24, 2.45) is 0 Å². The Kier molecular flexibility index (Phi) is 4.37. The molecule has 1 atom stereocenters. The molecule has 1 unspecified atom stereocenters. The average Bonchev–Trinajstić information content (AvgIpc) is 2.22. The van der Waals surface area contributed by atoms with E-state index >= 15 is 0 Å².